The molecular weight excluding hydrogens is 1430 g/mol. The summed E-state index contributed by atoms with van der Waals surface area (Å²) in [6.45, 7) is 28.7. The number of halogens is 1. The first-order chi connectivity index (χ1) is 53.0. The Hall–Kier alpha value is -13.1. The number of ether oxygens (including phenoxy) is 2. The number of carbonyl (C=O) groups is 12. The molecule has 11 aromatic rings. The Balaban J connectivity index is 0.000000131. The highest BCUT2D eigenvalue weighted by Gasteiger charge is 2.43. The zero-order valence-corrected chi connectivity index (χ0v) is 64.5. The summed E-state index contributed by atoms with van der Waals surface area (Å²) in [7, 11) is 1.62. The van der Waals surface area contributed by atoms with E-state index < -0.39 is 75.3 Å². The van der Waals surface area contributed by atoms with Crippen molar-refractivity contribution in [1.82, 2.24) is 53.6 Å². The maximum Gasteiger partial charge on any atom is 0.420 e. The zero-order valence-electron chi connectivity index (χ0n) is 64.5. The monoisotopic (exact) mass is 1510 g/mol. The van der Waals surface area contributed by atoms with Crippen molar-refractivity contribution in [2.45, 2.75) is 146 Å². The second kappa shape index (κ2) is 30.4. The van der Waals surface area contributed by atoms with E-state index in [2.05, 4.69) is 34.9 Å². The number of aromatic nitrogens is 11. The summed E-state index contributed by atoms with van der Waals surface area (Å²) >= 11 is 0. The molecule has 0 aliphatic heterocycles. The van der Waals surface area contributed by atoms with Gasteiger partial charge in [0.2, 0.25) is 34.8 Å². The van der Waals surface area contributed by atoms with Crippen molar-refractivity contribution in [3.8, 4) is 62.2 Å². The third kappa shape index (κ3) is 14.4. The number of aryl methyl sites for hydroxylation is 1. The lowest BCUT2D eigenvalue weighted by atomic mass is 9.90. The fourth-order valence-electron chi connectivity index (χ4n) is 13.3. The maximum absolute atomic E-state index is 13.2. The number of Topliss-reactive ketones (excluding diaryl/α,β-unsaturated/α-hetero) is 10. The van der Waals surface area contributed by atoms with Crippen LogP contribution in [0.3, 0.4) is 0 Å². The van der Waals surface area contributed by atoms with Gasteiger partial charge in [0.15, 0.2) is 0 Å². The number of nitrogens with one attached hydrogen (secondary N) is 2. The summed E-state index contributed by atoms with van der Waals surface area (Å²) < 4.78 is 28.2. The van der Waals surface area contributed by atoms with E-state index in [9.17, 15) is 61.9 Å². The van der Waals surface area contributed by atoms with Gasteiger partial charge < -0.3 is 24.0 Å². The summed E-state index contributed by atoms with van der Waals surface area (Å²) in [5, 5.41) is 0. The normalized spacial score (nSPS) is 13.5. The minimum absolute atomic E-state index is 0.0124. The van der Waals surface area contributed by atoms with E-state index >= 15 is 0 Å². The molecule has 2 N–H and O–H groups in total. The van der Waals surface area contributed by atoms with Crippen molar-refractivity contribution in [2.75, 3.05) is 7.11 Å². The molecule has 6 heterocycles. The standard InChI is InChI=1S/C22H20N2O3.C19H20N2O4.C18H18N2O3.C14H13N3O2.C13H9FN2O2/c1-13(2)22-23-18-16-6-4-5-7-17(16)20(25)21(26)19(18)24(22)12-14-8-10-15(27-3)11-9-14;1-10(2)17-20-13-11-8-6-7-9-12(11)15(22)16(23)14(13)21(17)18(24)25-19(3,4)5;1-9(2)17-19-13-11-7-5-6-8-12(11)15(21)16(22)14(13)20(17)18(23)10(3)4;1-14(2,3)13-16-9-8-7(5-4-6-15-8)11(18)12(19)10(9)17-13;1-2-9-15-10-7-4-3-6(14)5-8(7)12(17)13(18)11(10)16-9/h4-11,13H,12H2,1-3H3;6-10H,1-5H3;5-10H,1-4H3;4-6H,1-3H3,(H,16,17);3-5H,2H2,1H3,(H,15,16). The van der Waals surface area contributed by atoms with Crippen molar-refractivity contribution in [3.05, 3.63) is 230 Å². The number of aromatic amines is 2. The molecule has 0 amide bonds. The predicted octanol–water partition coefficient (Wildman–Crippen LogP) is 15.6. The van der Waals surface area contributed by atoms with E-state index in [0.717, 1.165) is 33.3 Å². The Labute approximate surface area is 642 Å². The number of hydrogen-bond donors (Lipinski definition) is 2. The van der Waals surface area contributed by atoms with Crippen LogP contribution in [0.5, 0.6) is 5.75 Å². The van der Waals surface area contributed by atoms with Crippen LogP contribution in [-0.4, -0.2) is 136 Å². The summed E-state index contributed by atoms with van der Waals surface area (Å²) in [5.74, 6) is -3.30. The number of pyridine rings is 1. The molecule has 0 fully saturated rings. The van der Waals surface area contributed by atoms with Gasteiger partial charge in [-0.05, 0) is 68.8 Å². The van der Waals surface area contributed by atoms with Gasteiger partial charge in [-0.3, -0.25) is 62.3 Å². The van der Waals surface area contributed by atoms with Gasteiger partial charge in [-0.2, -0.15) is 0 Å². The highest BCUT2D eigenvalue weighted by Crippen LogP contribution is 2.41. The number of methoxy groups -OCH3 is 1. The number of ketones is 10. The molecule has 25 nitrogen and oxygen atoms in total. The zero-order chi connectivity index (χ0) is 81.2. The second-order valence-corrected chi connectivity index (χ2v) is 30.4. The maximum atomic E-state index is 13.2. The van der Waals surface area contributed by atoms with E-state index in [0.29, 0.717) is 115 Å². The van der Waals surface area contributed by atoms with Gasteiger partial charge in [-0.25, -0.2) is 38.7 Å². The molecule has 0 atom stereocenters. The molecular formula is C86H80FN11O14. The lowest BCUT2D eigenvalue weighted by Gasteiger charge is -2.22. The van der Waals surface area contributed by atoms with Gasteiger partial charge in [0.05, 0.1) is 12.7 Å². The molecule has 0 saturated carbocycles. The molecule has 0 spiro atoms. The summed E-state index contributed by atoms with van der Waals surface area (Å²) in [6, 6.07) is 35.6. The fourth-order valence-corrected chi connectivity index (χ4v) is 13.3. The molecule has 5 aliphatic rings. The molecule has 5 aromatic carbocycles. The number of carbonyl (C=O) groups excluding carboxylic acids is 12. The van der Waals surface area contributed by atoms with Gasteiger partial charge in [-0.15, -0.1) is 0 Å². The molecule has 570 valence electrons. The number of imidazole rings is 5. The van der Waals surface area contributed by atoms with E-state index in [1.54, 1.807) is 121 Å². The highest BCUT2D eigenvalue weighted by atomic mass is 19.1. The van der Waals surface area contributed by atoms with Crippen LogP contribution in [0.4, 0.5) is 9.18 Å². The third-order valence-corrected chi connectivity index (χ3v) is 18.8. The van der Waals surface area contributed by atoms with Gasteiger partial charge in [0.25, 0.3) is 28.9 Å². The number of fused-ring (bicyclic) bond motifs is 15. The molecule has 0 bridgehead atoms. The van der Waals surface area contributed by atoms with E-state index in [1.165, 1.54) is 16.7 Å². The third-order valence-electron chi connectivity index (χ3n) is 18.8. The van der Waals surface area contributed by atoms with Crippen LogP contribution in [-0.2, 0) is 23.1 Å². The van der Waals surface area contributed by atoms with Crippen molar-refractivity contribution >= 4 is 69.8 Å². The average Bonchev–Trinajstić information content (AvgIpc) is 1.56. The van der Waals surface area contributed by atoms with Gasteiger partial charge in [0.1, 0.15) is 109 Å². The van der Waals surface area contributed by atoms with E-state index in [1.807, 2.05) is 110 Å². The Bertz CT molecular complexity index is 5820. The number of rotatable bonds is 8. The molecule has 26 heteroatoms. The minimum Gasteiger partial charge on any atom is -0.497 e. The van der Waals surface area contributed by atoms with Crippen LogP contribution < -0.4 is 4.74 Å². The topological polar surface area (TPSA) is 347 Å². The summed E-state index contributed by atoms with van der Waals surface area (Å²) in [4.78, 5) is 181. The van der Waals surface area contributed by atoms with Crippen LogP contribution in [0.2, 0.25) is 0 Å². The van der Waals surface area contributed by atoms with Crippen LogP contribution in [0.15, 0.2) is 134 Å². The first-order valence-electron chi connectivity index (χ1n) is 36.4. The Kier molecular flexibility index (Phi) is 21.3. The van der Waals surface area contributed by atoms with Crippen molar-refractivity contribution in [1.29, 1.82) is 0 Å². The SMILES string of the molecule is CC(C)(C)c1nc2c([nH]1)C(=O)C(=O)c1cccnc1-2.CC(C)C(=O)n1c(C(C)C)nc2c1C(=O)C(=O)c1ccccc1-2.CC(C)c1nc2c(n1C(=O)OC(C)(C)C)C(=O)C(=O)c1ccccc1-2.CCc1nc2c([nH]1)C(=O)C(=O)c1cc(F)ccc1-2.COc1ccc(Cn2c(C(C)C)nc3c2C(=O)C(=O)c2ccccc2-3)cc1. The van der Waals surface area contributed by atoms with E-state index in [-0.39, 0.29) is 63.3 Å². The number of nitrogens with zero attached hydrogens (tertiary/aromatic N) is 9. The largest absolute Gasteiger partial charge is 0.497 e. The Morgan fingerprint density at radius 1 is 0.446 bits per heavy atom. The van der Waals surface area contributed by atoms with E-state index in [4.69, 9.17) is 14.5 Å². The fraction of sp³-hybridized carbons (Fsp3) is 0.279. The summed E-state index contributed by atoms with van der Waals surface area (Å²) in [6.07, 6.45) is 1.52. The Morgan fingerprint density at radius 2 is 0.884 bits per heavy atom. The van der Waals surface area contributed by atoms with Gasteiger partial charge in [0, 0.05) is 92.8 Å². The summed E-state index contributed by atoms with van der Waals surface area (Å²) in [5.41, 5.74) is 7.69. The van der Waals surface area contributed by atoms with Crippen molar-refractivity contribution < 1.29 is 71.4 Å². The first kappa shape index (κ1) is 78.5. The van der Waals surface area contributed by atoms with Gasteiger partial charge in [-0.1, -0.05) is 168 Å². The quantitative estimate of drug-likeness (QED) is 0.133. The molecule has 0 unspecified atom stereocenters. The molecule has 6 aromatic heterocycles. The first-order valence-corrected chi connectivity index (χ1v) is 36.4. The smallest absolute Gasteiger partial charge is 0.420 e. The van der Waals surface area contributed by atoms with Crippen LogP contribution >= 0.6 is 0 Å². The predicted molar refractivity (Wildman–Crippen MR) is 412 cm³/mol. The minimum atomic E-state index is -0.737. The lowest BCUT2D eigenvalue weighted by molar-refractivity contribution is 0.0520. The molecule has 16 rings (SSSR count). The second-order valence-electron chi connectivity index (χ2n) is 30.4. The van der Waals surface area contributed by atoms with Crippen LogP contribution in [0, 0.1) is 11.7 Å². The number of H-pyrrole nitrogens is 2. The Morgan fingerprint density at radius 3 is 1.37 bits per heavy atom. The van der Waals surface area contributed by atoms with Crippen molar-refractivity contribution in [2.24, 2.45) is 5.92 Å². The highest BCUT2D eigenvalue weighted by molar-refractivity contribution is 6.55. The van der Waals surface area contributed by atoms with Crippen LogP contribution in [0.25, 0.3) is 56.4 Å². The lowest BCUT2D eigenvalue weighted by Crippen LogP contribution is -2.32. The van der Waals surface area contributed by atoms with Gasteiger partial charge >= 0.3 is 6.09 Å². The number of hydrogen-bond acceptors (Lipinski definition) is 20. The number of benzene rings is 5. The molecule has 5 aliphatic carbocycles. The van der Waals surface area contributed by atoms with Crippen LogP contribution in [0.1, 0.15) is 265 Å². The average molecular weight is 1510 g/mol. The van der Waals surface area contributed by atoms with Crippen molar-refractivity contribution in [3.63, 3.8) is 0 Å². The molecule has 112 heavy (non-hydrogen) atoms. The molecule has 0 radical (unpaired) electrons. The molecule has 0 saturated heterocycles.